The Hall–Kier alpha value is -3.73. The topological polar surface area (TPSA) is 141 Å². The molecule has 11 heteroatoms. The van der Waals surface area contributed by atoms with Crippen molar-refractivity contribution in [3.8, 4) is 0 Å². The van der Waals surface area contributed by atoms with Gasteiger partial charge in [-0.2, -0.15) is 0 Å². The molecule has 0 aliphatic carbocycles. The summed E-state index contributed by atoms with van der Waals surface area (Å²) in [4.78, 5) is 50.5. The van der Waals surface area contributed by atoms with Crippen molar-refractivity contribution in [3.05, 3.63) is 64.3 Å². The van der Waals surface area contributed by atoms with Gasteiger partial charge in [0.05, 0.1) is 23.8 Å². The predicted octanol–water partition coefficient (Wildman–Crippen LogP) is 3.19. The Balaban J connectivity index is 1.56. The van der Waals surface area contributed by atoms with Gasteiger partial charge in [-0.05, 0) is 29.8 Å². The molecule has 0 radical (unpaired) electrons. The number of amides is 4. The van der Waals surface area contributed by atoms with Crippen LogP contribution in [0.15, 0.2) is 53.1 Å². The number of hydrogen-bond donors (Lipinski definition) is 3. The van der Waals surface area contributed by atoms with E-state index in [1.165, 1.54) is 22.9 Å². The summed E-state index contributed by atoms with van der Waals surface area (Å²) in [5, 5.41) is 3.25. The molecule has 2 atom stereocenters. The minimum atomic E-state index is -1.37. The lowest BCUT2D eigenvalue weighted by atomic mass is 10.00. The molecule has 176 valence electrons. The van der Waals surface area contributed by atoms with Crippen molar-refractivity contribution in [3.63, 3.8) is 0 Å². The van der Waals surface area contributed by atoms with Gasteiger partial charge >= 0.3 is 12.1 Å². The molecule has 9 nitrogen and oxygen atoms in total. The number of fused-ring (bicyclic) bond motifs is 1. The van der Waals surface area contributed by atoms with Crippen molar-refractivity contribution < 1.29 is 23.6 Å². The van der Waals surface area contributed by atoms with E-state index in [1.54, 1.807) is 30.3 Å². The Kier molecular flexibility index (Phi) is 6.38. The van der Waals surface area contributed by atoms with Crippen LogP contribution >= 0.6 is 15.9 Å². The molecule has 2 aromatic carbocycles. The number of urea groups is 1. The zero-order valence-corrected chi connectivity index (χ0v) is 19.4. The van der Waals surface area contributed by atoms with E-state index in [2.05, 4.69) is 21.2 Å². The number of Topliss-reactive ketones (excluding diaryl/α,β-unsaturated/α-hetero) is 1. The van der Waals surface area contributed by atoms with Crippen molar-refractivity contribution in [2.24, 2.45) is 11.5 Å². The van der Waals surface area contributed by atoms with Gasteiger partial charge in [0.25, 0.3) is 0 Å². The number of halogens is 2. The molecule has 4 amide bonds. The minimum Gasteiger partial charge on any atom is -0.366 e. The van der Waals surface area contributed by atoms with Gasteiger partial charge in [-0.3, -0.25) is 14.2 Å². The molecule has 1 fully saturated rings. The molecule has 0 unspecified atom stereocenters. The maximum absolute atomic E-state index is 14.3. The second-order valence-corrected chi connectivity index (χ2v) is 8.97. The standard InChI is InChI=1S/C23H21BrFN5O4/c24-14-6-12(5-13(8-14)21(26)32)7-20(31)19-9-15(25)10-30(19)23(34)28-17-11-29(22(27)33)18-4-2-1-3-16(17)18/h1-6,8,11,15,19H,7,9-10H2,(H2,26,32)(H2,27,33)(H,28,34)/t15-,19+/m1/s1. The third kappa shape index (κ3) is 4.65. The first kappa shape index (κ1) is 23.4. The number of nitrogens with zero attached hydrogens (tertiary/aromatic N) is 2. The van der Waals surface area contributed by atoms with Gasteiger partial charge in [-0.15, -0.1) is 0 Å². The van der Waals surface area contributed by atoms with Crippen LogP contribution in [0.5, 0.6) is 0 Å². The molecule has 3 aromatic rings. The number of likely N-dealkylation sites (tertiary alicyclic amines) is 1. The molecule has 1 aromatic heterocycles. The second-order valence-electron chi connectivity index (χ2n) is 8.05. The Morgan fingerprint density at radius 1 is 1.12 bits per heavy atom. The number of carbonyl (C=O) groups excluding carboxylic acids is 4. The highest BCUT2D eigenvalue weighted by molar-refractivity contribution is 9.10. The molecule has 34 heavy (non-hydrogen) atoms. The van der Waals surface area contributed by atoms with Crippen LogP contribution in [0.1, 0.15) is 22.3 Å². The Bertz CT molecular complexity index is 1320. The number of alkyl halides is 1. The average molecular weight is 530 g/mol. The fourth-order valence-corrected chi connectivity index (χ4v) is 4.72. The van der Waals surface area contributed by atoms with Gasteiger partial charge < -0.3 is 21.7 Å². The largest absolute Gasteiger partial charge is 0.366 e. The highest BCUT2D eigenvalue weighted by atomic mass is 79.9. The molecule has 1 aliphatic heterocycles. The molecular formula is C23H21BrFN5O4. The number of carbonyl (C=O) groups is 4. The fraction of sp³-hybridized carbons (Fsp3) is 0.217. The normalized spacial score (nSPS) is 17.6. The summed E-state index contributed by atoms with van der Waals surface area (Å²) in [7, 11) is 0. The minimum absolute atomic E-state index is 0.109. The van der Waals surface area contributed by atoms with Crippen LogP contribution in [0, 0.1) is 0 Å². The van der Waals surface area contributed by atoms with E-state index in [9.17, 15) is 23.6 Å². The molecule has 0 bridgehead atoms. The van der Waals surface area contributed by atoms with Crippen LogP contribution in [0.4, 0.5) is 19.7 Å². The summed E-state index contributed by atoms with van der Waals surface area (Å²) >= 11 is 3.28. The van der Waals surface area contributed by atoms with Gasteiger partial charge in [0.1, 0.15) is 6.17 Å². The van der Waals surface area contributed by atoms with E-state index in [1.807, 2.05) is 0 Å². The third-order valence-corrected chi connectivity index (χ3v) is 6.15. The molecule has 5 N–H and O–H groups in total. The summed E-state index contributed by atoms with van der Waals surface area (Å²) in [5.41, 5.74) is 12.3. The van der Waals surface area contributed by atoms with Gasteiger partial charge in [-0.1, -0.05) is 34.1 Å². The summed E-state index contributed by atoms with van der Waals surface area (Å²) in [6, 6.07) is 9.15. The number of benzene rings is 2. The van der Waals surface area contributed by atoms with Gasteiger partial charge in [0, 0.05) is 34.5 Å². The van der Waals surface area contributed by atoms with E-state index in [4.69, 9.17) is 11.5 Å². The van der Waals surface area contributed by atoms with Crippen LogP contribution in [-0.2, 0) is 11.2 Å². The Morgan fingerprint density at radius 2 is 1.85 bits per heavy atom. The molecule has 2 heterocycles. The Morgan fingerprint density at radius 3 is 2.56 bits per heavy atom. The predicted molar refractivity (Wildman–Crippen MR) is 127 cm³/mol. The number of hydrogen-bond acceptors (Lipinski definition) is 4. The van der Waals surface area contributed by atoms with Crippen molar-refractivity contribution in [2.45, 2.75) is 25.1 Å². The van der Waals surface area contributed by atoms with Crippen LogP contribution in [-0.4, -0.2) is 52.0 Å². The first-order valence-electron chi connectivity index (χ1n) is 10.4. The molecule has 0 saturated carbocycles. The lowest BCUT2D eigenvalue weighted by molar-refractivity contribution is -0.121. The fourth-order valence-electron chi connectivity index (χ4n) is 4.18. The van der Waals surface area contributed by atoms with E-state index in [0.29, 0.717) is 26.6 Å². The van der Waals surface area contributed by atoms with Crippen molar-refractivity contribution in [1.29, 1.82) is 0 Å². The zero-order chi connectivity index (χ0) is 24.6. The van der Waals surface area contributed by atoms with Gasteiger partial charge in [0.2, 0.25) is 5.91 Å². The number of ketones is 1. The van der Waals surface area contributed by atoms with Crippen LogP contribution < -0.4 is 16.8 Å². The Labute approximate surface area is 202 Å². The van der Waals surface area contributed by atoms with Crippen molar-refractivity contribution >= 4 is 56.3 Å². The molecular weight excluding hydrogens is 509 g/mol. The number of rotatable bonds is 5. The van der Waals surface area contributed by atoms with Gasteiger partial charge in [-0.25, -0.2) is 14.0 Å². The monoisotopic (exact) mass is 529 g/mol. The number of primary amides is 2. The van der Waals surface area contributed by atoms with Crippen LogP contribution in [0.2, 0.25) is 0 Å². The summed E-state index contributed by atoms with van der Waals surface area (Å²) in [6.07, 6.45) is -0.221. The van der Waals surface area contributed by atoms with Gasteiger partial charge in [0.15, 0.2) is 5.78 Å². The maximum atomic E-state index is 14.3. The van der Waals surface area contributed by atoms with E-state index < -0.39 is 30.2 Å². The highest BCUT2D eigenvalue weighted by Gasteiger charge is 2.39. The molecule has 1 aliphatic rings. The number of nitrogens with two attached hydrogens (primary N) is 2. The number of para-hydroxylation sites is 1. The van der Waals surface area contributed by atoms with E-state index in [-0.39, 0.29) is 30.7 Å². The lowest BCUT2D eigenvalue weighted by Gasteiger charge is -2.23. The average Bonchev–Trinajstić information content (AvgIpc) is 3.34. The first-order valence-corrected chi connectivity index (χ1v) is 11.2. The van der Waals surface area contributed by atoms with E-state index >= 15 is 0 Å². The SMILES string of the molecule is NC(=O)c1cc(Br)cc(CC(=O)[C@@H]2C[C@@H](F)CN2C(=O)Nc2cn(C(N)=O)c3ccccc23)c1. The van der Waals surface area contributed by atoms with Crippen molar-refractivity contribution in [2.75, 3.05) is 11.9 Å². The van der Waals surface area contributed by atoms with Crippen LogP contribution in [0.3, 0.4) is 0 Å². The second kappa shape index (κ2) is 9.26. The third-order valence-electron chi connectivity index (χ3n) is 5.69. The maximum Gasteiger partial charge on any atom is 0.323 e. The van der Waals surface area contributed by atoms with E-state index in [0.717, 1.165) is 4.90 Å². The molecule has 0 spiro atoms. The quantitative estimate of drug-likeness (QED) is 0.466. The number of anilines is 1. The first-order chi connectivity index (χ1) is 16.1. The summed E-state index contributed by atoms with van der Waals surface area (Å²) in [6.45, 7) is -0.248. The highest BCUT2D eigenvalue weighted by Crippen LogP contribution is 2.28. The zero-order valence-electron chi connectivity index (χ0n) is 17.8. The molecule has 4 rings (SSSR count). The number of nitrogens with one attached hydrogen (secondary N) is 1. The molecule has 1 saturated heterocycles. The smallest absolute Gasteiger partial charge is 0.323 e. The van der Waals surface area contributed by atoms with Crippen LogP contribution in [0.25, 0.3) is 10.9 Å². The summed E-state index contributed by atoms with van der Waals surface area (Å²) in [5.74, 6) is -1.01. The lowest BCUT2D eigenvalue weighted by Crippen LogP contribution is -2.43. The van der Waals surface area contributed by atoms with Crippen molar-refractivity contribution in [1.82, 2.24) is 9.47 Å². The number of aromatic nitrogens is 1. The summed E-state index contributed by atoms with van der Waals surface area (Å²) < 4.78 is 16.1.